The molecule has 74 valence electrons. The number of rotatable bonds is 6. The van der Waals surface area contributed by atoms with Gasteiger partial charge in [0.05, 0.1) is 0 Å². The van der Waals surface area contributed by atoms with Crippen molar-refractivity contribution in [3.05, 3.63) is 24.0 Å². The van der Waals surface area contributed by atoms with E-state index in [1.165, 1.54) is 12.1 Å². The fourth-order valence-electron chi connectivity index (χ4n) is 1.39. The number of nitrogens with one attached hydrogen (secondary N) is 1. The molecular formula is C10H19N3. The SMILES string of the molecule is CN(CCN)CCCc1ccc[nH]1. The van der Waals surface area contributed by atoms with Crippen LogP contribution in [-0.2, 0) is 6.42 Å². The van der Waals surface area contributed by atoms with E-state index in [0.717, 1.165) is 26.1 Å². The summed E-state index contributed by atoms with van der Waals surface area (Å²) in [6.07, 6.45) is 4.29. The molecule has 13 heavy (non-hydrogen) atoms. The van der Waals surface area contributed by atoms with Crippen molar-refractivity contribution in [2.75, 3.05) is 26.7 Å². The van der Waals surface area contributed by atoms with Crippen molar-refractivity contribution >= 4 is 0 Å². The average molecular weight is 181 g/mol. The van der Waals surface area contributed by atoms with Gasteiger partial charge >= 0.3 is 0 Å². The Morgan fingerprint density at radius 2 is 2.31 bits per heavy atom. The first-order valence-electron chi connectivity index (χ1n) is 4.84. The minimum atomic E-state index is 0.749. The summed E-state index contributed by atoms with van der Waals surface area (Å²) in [5.74, 6) is 0. The lowest BCUT2D eigenvalue weighted by atomic mass is 10.2. The number of hydrogen-bond donors (Lipinski definition) is 2. The summed E-state index contributed by atoms with van der Waals surface area (Å²) in [5.41, 5.74) is 6.77. The summed E-state index contributed by atoms with van der Waals surface area (Å²) in [6, 6.07) is 4.17. The molecule has 0 spiro atoms. The van der Waals surface area contributed by atoms with Gasteiger partial charge in [0.25, 0.3) is 0 Å². The maximum atomic E-state index is 5.45. The number of likely N-dealkylation sites (N-methyl/N-ethyl adjacent to an activating group) is 1. The zero-order valence-corrected chi connectivity index (χ0v) is 8.29. The standard InChI is InChI=1S/C10H19N3/c1-13(9-6-11)8-3-5-10-4-2-7-12-10/h2,4,7,12H,3,5-6,8-9,11H2,1H3. The minimum absolute atomic E-state index is 0.749. The number of nitrogens with zero attached hydrogens (tertiary/aromatic N) is 1. The van der Waals surface area contributed by atoms with E-state index in [9.17, 15) is 0 Å². The second-order valence-electron chi connectivity index (χ2n) is 3.39. The van der Waals surface area contributed by atoms with Gasteiger partial charge in [0, 0.05) is 25.0 Å². The number of aromatic amines is 1. The molecule has 3 nitrogen and oxygen atoms in total. The monoisotopic (exact) mass is 181 g/mol. The van der Waals surface area contributed by atoms with Crippen LogP contribution in [-0.4, -0.2) is 36.6 Å². The van der Waals surface area contributed by atoms with E-state index in [1.54, 1.807) is 0 Å². The van der Waals surface area contributed by atoms with Crippen LogP contribution in [0.3, 0.4) is 0 Å². The van der Waals surface area contributed by atoms with Gasteiger partial charge in [-0.1, -0.05) is 0 Å². The second kappa shape index (κ2) is 5.78. The summed E-state index contributed by atoms with van der Waals surface area (Å²) >= 11 is 0. The summed E-state index contributed by atoms with van der Waals surface area (Å²) in [6.45, 7) is 2.86. The Balaban J connectivity index is 2.07. The predicted molar refractivity (Wildman–Crippen MR) is 55.7 cm³/mol. The highest BCUT2D eigenvalue weighted by atomic mass is 15.1. The van der Waals surface area contributed by atoms with Gasteiger partial charge in [-0.3, -0.25) is 0 Å². The smallest absolute Gasteiger partial charge is 0.0147 e. The molecule has 0 aliphatic rings. The van der Waals surface area contributed by atoms with Gasteiger partial charge in [0.2, 0.25) is 0 Å². The molecule has 3 N–H and O–H groups in total. The lowest BCUT2D eigenvalue weighted by Gasteiger charge is -2.14. The Hall–Kier alpha value is -0.800. The molecule has 0 saturated heterocycles. The largest absolute Gasteiger partial charge is 0.365 e. The Morgan fingerprint density at radius 3 is 2.92 bits per heavy atom. The van der Waals surface area contributed by atoms with Crippen molar-refractivity contribution in [1.29, 1.82) is 0 Å². The number of H-pyrrole nitrogens is 1. The van der Waals surface area contributed by atoms with Crippen molar-refractivity contribution in [2.24, 2.45) is 5.73 Å². The molecular weight excluding hydrogens is 162 g/mol. The topological polar surface area (TPSA) is 45.0 Å². The molecule has 0 radical (unpaired) electrons. The molecule has 1 aromatic rings. The van der Waals surface area contributed by atoms with E-state index >= 15 is 0 Å². The molecule has 0 bridgehead atoms. The molecule has 1 heterocycles. The molecule has 1 rings (SSSR count). The van der Waals surface area contributed by atoms with Crippen LogP contribution in [0.15, 0.2) is 18.3 Å². The number of nitrogens with two attached hydrogens (primary N) is 1. The number of hydrogen-bond acceptors (Lipinski definition) is 2. The fraction of sp³-hybridized carbons (Fsp3) is 0.600. The molecule has 3 heteroatoms. The molecule has 0 fully saturated rings. The lowest BCUT2D eigenvalue weighted by molar-refractivity contribution is 0.338. The van der Waals surface area contributed by atoms with E-state index in [1.807, 2.05) is 12.3 Å². The van der Waals surface area contributed by atoms with Gasteiger partial charge in [-0.05, 0) is 38.6 Å². The number of aryl methyl sites for hydroxylation is 1. The van der Waals surface area contributed by atoms with Crippen molar-refractivity contribution in [3.63, 3.8) is 0 Å². The Morgan fingerprint density at radius 1 is 1.46 bits per heavy atom. The molecule has 0 unspecified atom stereocenters. The first-order chi connectivity index (χ1) is 6.33. The maximum Gasteiger partial charge on any atom is 0.0147 e. The Bertz CT molecular complexity index is 206. The first-order valence-corrected chi connectivity index (χ1v) is 4.84. The molecule has 0 amide bonds. The fourth-order valence-corrected chi connectivity index (χ4v) is 1.39. The molecule has 0 aliphatic carbocycles. The molecule has 0 aliphatic heterocycles. The van der Waals surface area contributed by atoms with E-state index in [2.05, 4.69) is 23.0 Å². The van der Waals surface area contributed by atoms with Crippen LogP contribution < -0.4 is 5.73 Å². The average Bonchev–Trinajstić information content (AvgIpc) is 2.57. The van der Waals surface area contributed by atoms with E-state index in [4.69, 9.17) is 5.73 Å². The quantitative estimate of drug-likeness (QED) is 0.683. The zero-order valence-electron chi connectivity index (χ0n) is 8.29. The van der Waals surface area contributed by atoms with Crippen LogP contribution in [0.25, 0.3) is 0 Å². The third-order valence-electron chi connectivity index (χ3n) is 2.16. The second-order valence-corrected chi connectivity index (χ2v) is 3.39. The van der Waals surface area contributed by atoms with Gasteiger partial charge in [0.15, 0.2) is 0 Å². The van der Waals surface area contributed by atoms with Gasteiger partial charge in [-0.2, -0.15) is 0 Å². The lowest BCUT2D eigenvalue weighted by Crippen LogP contribution is -2.26. The molecule has 0 atom stereocenters. The molecule has 0 aromatic carbocycles. The Labute approximate surface area is 79.9 Å². The van der Waals surface area contributed by atoms with Crippen molar-refractivity contribution in [2.45, 2.75) is 12.8 Å². The highest BCUT2D eigenvalue weighted by Crippen LogP contribution is 1.99. The number of aromatic nitrogens is 1. The highest BCUT2D eigenvalue weighted by molar-refractivity contribution is 5.03. The first kappa shape index (κ1) is 10.3. The van der Waals surface area contributed by atoms with E-state index in [-0.39, 0.29) is 0 Å². The van der Waals surface area contributed by atoms with Crippen LogP contribution in [0.4, 0.5) is 0 Å². The van der Waals surface area contributed by atoms with E-state index in [0.29, 0.717) is 0 Å². The predicted octanol–water partition coefficient (Wildman–Crippen LogP) is 0.838. The van der Waals surface area contributed by atoms with Crippen molar-refractivity contribution < 1.29 is 0 Å². The van der Waals surface area contributed by atoms with Gasteiger partial charge in [-0.25, -0.2) is 0 Å². The summed E-state index contributed by atoms with van der Waals surface area (Å²) in [5, 5.41) is 0. The van der Waals surface area contributed by atoms with Crippen LogP contribution in [0.5, 0.6) is 0 Å². The third kappa shape index (κ3) is 4.10. The molecule has 0 saturated carbocycles. The van der Waals surface area contributed by atoms with Crippen molar-refractivity contribution in [1.82, 2.24) is 9.88 Å². The normalized spacial score (nSPS) is 11.0. The van der Waals surface area contributed by atoms with Crippen LogP contribution in [0, 0.1) is 0 Å². The minimum Gasteiger partial charge on any atom is -0.365 e. The van der Waals surface area contributed by atoms with Crippen molar-refractivity contribution in [3.8, 4) is 0 Å². The van der Waals surface area contributed by atoms with Gasteiger partial charge in [-0.15, -0.1) is 0 Å². The van der Waals surface area contributed by atoms with Crippen LogP contribution in [0.2, 0.25) is 0 Å². The van der Waals surface area contributed by atoms with E-state index < -0.39 is 0 Å². The molecule has 1 aromatic heterocycles. The maximum absolute atomic E-state index is 5.45. The summed E-state index contributed by atoms with van der Waals surface area (Å²) < 4.78 is 0. The van der Waals surface area contributed by atoms with Crippen LogP contribution >= 0.6 is 0 Å². The third-order valence-corrected chi connectivity index (χ3v) is 2.16. The Kier molecular flexibility index (Phi) is 4.57. The van der Waals surface area contributed by atoms with Crippen LogP contribution in [0.1, 0.15) is 12.1 Å². The van der Waals surface area contributed by atoms with Gasteiger partial charge < -0.3 is 15.6 Å². The van der Waals surface area contributed by atoms with Gasteiger partial charge in [0.1, 0.15) is 0 Å². The zero-order chi connectivity index (χ0) is 9.52. The highest BCUT2D eigenvalue weighted by Gasteiger charge is 1.97. The summed E-state index contributed by atoms with van der Waals surface area (Å²) in [7, 11) is 2.11. The summed E-state index contributed by atoms with van der Waals surface area (Å²) in [4.78, 5) is 5.47.